The van der Waals surface area contributed by atoms with Crippen LogP contribution in [-0.4, -0.2) is 10.1 Å². The van der Waals surface area contributed by atoms with Crippen LogP contribution in [-0.2, 0) is 0 Å². The molecule has 0 atom stereocenters. The van der Waals surface area contributed by atoms with Crippen LogP contribution in [0.1, 0.15) is 0 Å². The molecule has 2 aromatic rings. The number of phenolic OH excluding ortho intramolecular Hbond substituents is 1. The fourth-order valence-electron chi connectivity index (χ4n) is 1.12. The molecule has 0 amide bonds. The smallest absolute Gasteiger partial charge is 0.141 e. The second kappa shape index (κ2) is 3.94. The molecule has 0 aliphatic rings. The molecule has 1 heterocycles. The van der Waals surface area contributed by atoms with Gasteiger partial charge in [-0.1, -0.05) is 22.0 Å². The zero-order chi connectivity index (χ0) is 8.55. The molecule has 0 unspecified atom stereocenters. The molecular formula is C9H7BrClNO. The van der Waals surface area contributed by atoms with Gasteiger partial charge in [0.1, 0.15) is 11.3 Å². The fraction of sp³-hybridized carbons (Fsp3) is 0. The SMILES string of the molecule is Cl.Oc1ccc(Br)c2cccnc12. The Morgan fingerprint density at radius 3 is 2.69 bits per heavy atom. The lowest BCUT2D eigenvalue weighted by atomic mass is 10.2. The Kier molecular flexibility index (Phi) is 3.12. The van der Waals surface area contributed by atoms with Gasteiger partial charge in [0.15, 0.2) is 0 Å². The van der Waals surface area contributed by atoms with Crippen molar-refractivity contribution in [1.82, 2.24) is 4.98 Å². The van der Waals surface area contributed by atoms with Crippen molar-refractivity contribution in [3.05, 3.63) is 34.9 Å². The normalized spacial score (nSPS) is 9.62. The summed E-state index contributed by atoms with van der Waals surface area (Å²) in [6.07, 6.45) is 1.66. The van der Waals surface area contributed by atoms with E-state index in [9.17, 15) is 5.11 Å². The Balaban J connectivity index is 0.000000845. The molecule has 0 saturated heterocycles. The van der Waals surface area contributed by atoms with Crippen molar-refractivity contribution in [3.63, 3.8) is 0 Å². The molecule has 0 aliphatic carbocycles. The van der Waals surface area contributed by atoms with Crippen LogP contribution in [0, 0.1) is 0 Å². The van der Waals surface area contributed by atoms with Gasteiger partial charge >= 0.3 is 0 Å². The van der Waals surface area contributed by atoms with E-state index in [4.69, 9.17) is 0 Å². The van der Waals surface area contributed by atoms with Gasteiger partial charge < -0.3 is 5.11 Å². The predicted octanol–water partition coefficient (Wildman–Crippen LogP) is 3.12. The molecular weight excluding hydrogens is 253 g/mol. The highest BCUT2D eigenvalue weighted by Gasteiger charge is 2.02. The Labute approximate surface area is 90.1 Å². The summed E-state index contributed by atoms with van der Waals surface area (Å²) in [4.78, 5) is 4.06. The van der Waals surface area contributed by atoms with Crippen LogP contribution in [0.3, 0.4) is 0 Å². The van der Waals surface area contributed by atoms with Gasteiger partial charge in [-0.25, -0.2) is 0 Å². The average molecular weight is 261 g/mol. The minimum Gasteiger partial charge on any atom is -0.506 e. The second-order valence-corrected chi connectivity index (χ2v) is 3.32. The number of aromatic nitrogens is 1. The van der Waals surface area contributed by atoms with Crippen molar-refractivity contribution in [2.24, 2.45) is 0 Å². The standard InChI is InChI=1S/C9H6BrNO.ClH/c10-7-3-4-8(12)9-6(7)2-1-5-11-9;/h1-5,12H;1H. The highest BCUT2D eigenvalue weighted by Crippen LogP contribution is 2.28. The number of phenols is 1. The molecule has 0 saturated carbocycles. The van der Waals surface area contributed by atoms with Gasteiger partial charge in [0.25, 0.3) is 0 Å². The second-order valence-electron chi connectivity index (χ2n) is 2.47. The van der Waals surface area contributed by atoms with Gasteiger partial charge in [0.05, 0.1) is 0 Å². The van der Waals surface area contributed by atoms with Gasteiger partial charge in [0, 0.05) is 16.1 Å². The fourth-order valence-corrected chi connectivity index (χ4v) is 1.58. The molecule has 1 aromatic carbocycles. The summed E-state index contributed by atoms with van der Waals surface area (Å²) in [7, 11) is 0. The monoisotopic (exact) mass is 259 g/mol. The van der Waals surface area contributed by atoms with Crippen molar-refractivity contribution in [3.8, 4) is 5.75 Å². The van der Waals surface area contributed by atoms with Crippen LogP contribution in [0.4, 0.5) is 0 Å². The molecule has 0 fully saturated rings. The van der Waals surface area contributed by atoms with E-state index in [-0.39, 0.29) is 18.2 Å². The van der Waals surface area contributed by atoms with Crippen molar-refractivity contribution in [2.75, 3.05) is 0 Å². The number of aromatic hydroxyl groups is 1. The zero-order valence-electron chi connectivity index (χ0n) is 6.57. The van der Waals surface area contributed by atoms with Gasteiger partial charge in [-0.15, -0.1) is 12.4 Å². The summed E-state index contributed by atoms with van der Waals surface area (Å²) in [6.45, 7) is 0. The molecule has 68 valence electrons. The minimum atomic E-state index is 0. The molecule has 13 heavy (non-hydrogen) atoms. The van der Waals surface area contributed by atoms with E-state index in [0.717, 1.165) is 9.86 Å². The lowest BCUT2D eigenvalue weighted by molar-refractivity contribution is 0.480. The Morgan fingerprint density at radius 1 is 1.23 bits per heavy atom. The van der Waals surface area contributed by atoms with Crippen LogP contribution in [0.15, 0.2) is 34.9 Å². The molecule has 2 rings (SSSR count). The summed E-state index contributed by atoms with van der Waals surface area (Å²) in [5.74, 6) is 0.216. The number of hydrogen-bond donors (Lipinski definition) is 1. The Morgan fingerprint density at radius 2 is 2.00 bits per heavy atom. The first-order valence-corrected chi connectivity index (χ1v) is 4.30. The first-order valence-electron chi connectivity index (χ1n) is 3.51. The van der Waals surface area contributed by atoms with Crippen LogP contribution >= 0.6 is 28.3 Å². The molecule has 0 spiro atoms. The van der Waals surface area contributed by atoms with Crippen molar-refractivity contribution in [2.45, 2.75) is 0 Å². The van der Waals surface area contributed by atoms with Crippen LogP contribution in [0.25, 0.3) is 10.9 Å². The summed E-state index contributed by atoms with van der Waals surface area (Å²) in [6, 6.07) is 7.18. The number of rotatable bonds is 0. The quantitative estimate of drug-likeness (QED) is 0.789. The van der Waals surface area contributed by atoms with E-state index in [1.165, 1.54) is 0 Å². The molecule has 1 N–H and O–H groups in total. The number of hydrogen-bond acceptors (Lipinski definition) is 2. The number of nitrogens with zero attached hydrogens (tertiary/aromatic N) is 1. The summed E-state index contributed by atoms with van der Waals surface area (Å²) >= 11 is 3.38. The summed E-state index contributed by atoms with van der Waals surface area (Å²) in [5, 5.41) is 10.3. The first-order chi connectivity index (χ1) is 5.79. The maximum absolute atomic E-state index is 9.41. The van der Waals surface area contributed by atoms with Crippen LogP contribution in [0.2, 0.25) is 0 Å². The third-order valence-electron chi connectivity index (χ3n) is 1.70. The largest absolute Gasteiger partial charge is 0.506 e. The van der Waals surface area contributed by atoms with Gasteiger partial charge in [-0.3, -0.25) is 4.98 Å². The van der Waals surface area contributed by atoms with E-state index in [1.807, 2.05) is 12.1 Å². The highest BCUT2D eigenvalue weighted by molar-refractivity contribution is 9.10. The van der Waals surface area contributed by atoms with Crippen LogP contribution < -0.4 is 0 Å². The van der Waals surface area contributed by atoms with Gasteiger partial charge in [-0.05, 0) is 18.2 Å². The molecule has 0 aliphatic heterocycles. The van der Waals surface area contributed by atoms with E-state index in [1.54, 1.807) is 18.3 Å². The minimum absolute atomic E-state index is 0. The number of fused-ring (bicyclic) bond motifs is 1. The Hall–Kier alpha value is -0.800. The third kappa shape index (κ3) is 1.76. The topological polar surface area (TPSA) is 33.1 Å². The van der Waals surface area contributed by atoms with E-state index < -0.39 is 0 Å². The van der Waals surface area contributed by atoms with E-state index in [2.05, 4.69) is 20.9 Å². The summed E-state index contributed by atoms with van der Waals surface area (Å²) < 4.78 is 0.948. The molecule has 0 bridgehead atoms. The maximum Gasteiger partial charge on any atom is 0.141 e. The third-order valence-corrected chi connectivity index (χ3v) is 2.39. The number of benzene rings is 1. The van der Waals surface area contributed by atoms with Crippen LogP contribution in [0.5, 0.6) is 5.75 Å². The average Bonchev–Trinajstić information content (AvgIpc) is 2.12. The molecule has 1 aromatic heterocycles. The van der Waals surface area contributed by atoms with Crippen molar-refractivity contribution in [1.29, 1.82) is 0 Å². The molecule has 2 nitrogen and oxygen atoms in total. The lowest BCUT2D eigenvalue weighted by Gasteiger charge is -2.00. The Bertz CT molecular complexity index is 392. The number of pyridine rings is 1. The first kappa shape index (κ1) is 10.3. The molecule has 0 radical (unpaired) electrons. The number of halogens is 2. The van der Waals surface area contributed by atoms with Gasteiger partial charge in [-0.2, -0.15) is 0 Å². The maximum atomic E-state index is 9.41. The van der Waals surface area contributed by atoms with Crippen molar-refractivity contribution < 1.29 is 5.11 Å². The lowest BCUT2D eigenvalue weighted by Crippen LogP contribution is -1.79. The molecule has 4 heteroatoms. The van der Waals surface area contributed by atoms with Crippen molar-refractivity contribution >= 4 is 39.2 Å². The highest BCUT2D eigenvalue weighted by atomic mass is 79.9. The van der Waals surface area contributed by atoms with Gasteiger partial charge in [0.2, 0.25) is 0 Å². The predicted molar refractivity (Wildman–Crippen MR) is 58.4 cm³/mol. The van der Waals surface area contributed by atoms with E-state index in [0.29, 0.717) is 5.52 Å². The summed E-state index contributed by atoms with van der Waals surface area (Å²) in [5.41, 5.74) is 0.631. The zero-order valence-corrected chi connectivity index (χ0v) is 8.97. The van der Waals surface area contributed by atoms with E-state index >= 15 is 0 Å².